The van der Waals surface area contributed by atoms with E-state index in [1.165, 1.54) is 0 Å². The van der Waals surface area contributed by atoms with Crippen LogP contribution in [0.25, 0.3) is 0 Å². The molecule has 3 nitrogen and oxygen atoms in total. The van der Waals surface area contributed by atoms with E-state index in [1.807, 2.05) is 0 Å². The number of halogens is 4. The molecule has 0 amide bonds. The zero-order chi connectivity index (χ0) is 13.7. The maximum absolute atomic E-state index is 13.7. The molecule has 1 aromatic carbocycles. The molecule has 1 aromatic rings. The van der Waals surface area contributed by atoms with Crippen LogP contribution in [0.5, 0.6) is 0 Å². The number of rotatable bonds is 2. The summed E-state index contributed by atoms with van der Waals surface area (Å²) in [7, 11) is 0. The minimum Gasteiger partial charge on any atom is -0.477 e. The van der Waals surface area contributed by atoms with Crippen molar-refractivity contribution in [1.29, 1.82) is 0 Å². The highest BCUT2D eigenvalue weighted by molar-refractivity contribution is 5.88. The summed E-state index contributed by atoms with van der Waals surface area (Å²) in [6, 6.07) is 0. The summed E-state index contributed by atoms with van der Waals surface area (Å²) in [6.45, 7) is 0. The van der Waals surface area contributed by atoms with E-state index < -0.39 is 45.9 Å². The average molecular weight is 263 g/mol. The van der Waals surface area contributed by atoms with Crippen LogP contribution in [-0.2, 0) is 5.54 Å². The molecule has 0 unspecified atom stereocenters. The molecule has 1 saturated carbocycles. The van der Waals surface area contributed by atoms with Crippen molar-refractivity contribution in [3.05, 3.63) is 34.4 Å². The number of hydrogen-bond donors (Lipinski definition) is 2. The van der Waals surface area contributed by atoms with Gasteiger partial charge in [-0.1, -0.05) is 0 Å². The average Bonchev–Trinajstić information content (AvgIpc) is 2.24. The molecular weight excluding hydrogens is 254 g/mol. The van der Waals surface area contributed by atoms with Gasteiger partial charge in [-0.15, -0.1) is 0 Å². The monoisotopic (exact) mass is 263 g/mol. The van der Waals surface area contributed by atoms with Crippen molar-refractivity contribution >= 4 is 5.97 Å². The van der Waals surface area contributed by atoms with Gasteiger partial charge in [0.05, 0.1) is 0 Å². The Morgan fingerprint density at radius 2 is 1.50 bits per heavy atom. The van der Waals surface area contributed by atoms with E-state index in [9.17, 15) is 22.4 Å². The third-order valence-corrected chi connectivity index (χ3v) is 3.22. The van der Waals surface area contributed by atoms with E-state index in [4.69, 9.17) is 10.8 Å². The normalized spacial score (nSPS) is 17.4. The Morgan fingerprint density at radius 3 is 1.78 bits per heavy atom. The summed E-state index contributed by atoms with van der Waals surface area (Å²) in [5, 5.41) is 8.52. The molecule has 0 heterocycles. The molecule has 98 valence electrons. The number of aromatic carboxylic acids is 1. The lowest BCUT2D eigenvalue weighted by Crippen LogP contribution is -2.45. The summed E-state index contributed by atoms with van der Waals surface area (Å²) >= 11 is 0. The van der Waals surface area contributed by atoms with E-state index in [0.717, 1.165) is 0 Å². The third kappa shape index (κ3) is 1.58. The maximum Gasteiger partial charge on any atom is 0.341 e. The Morgan fingerprint density at radius 1 is 1.06 bits per heavy atom. The van der Waals surface area contributed by atoms with Crippen LogP contribution in [-0.4, -0.2) is 11.1 Å². The molecule has 0 aliphatic heterocycles. The van der Waals surface area contributed by atoms with Crippen molar-refractivity contribution in [3.8, 4) is 0 Å². The molecular formula is C11H9F4NO2. The molecule has 18 heavy (non-hydrogen) atoms. The van der Waals surface area contributed by atoms with Crippen molar-refractivity contribution in [2.24, 2.45) is 5.73 Å². The van der Waals surface area contributed by atoms with Crippen molar-refractivity contribution in [3.63, 3.8) is 0 Å². The second kappa shape index (κ2) is 3.94. The fraction of sp³-hybridized carbons (Fsp3) is 0.364. The second-order valence-corrected chi connectivity index (χ2v) is 4.32. The fourth-order valence-corrected chi connectivity index (χ4v) is 2.06. The Balaban J connectivity index is 2.74. The van der Waals surface area contributed by atoms with Crippen LogP contribution in [0.1, 0.15) is 35.2 Å². The number of nitrogens with two attached hydrogens (primary N) is 1. The van der Waals surface area contributed by atoms with Gasteiger partial charge in [0.1, 0.15) is 5.56 Å². The van der Waals surface area contributed by atoms with Gasteiger partial charge in [-0.2, -0.15) is 0 Å². The van der Waals surface area contributed by atoms with E-state index in [1.54, 1.807) is 0 Å². The van der Waals surface area contributed by atoms with Gasteiger partial charge in [-0.25, -0.2) is 22.4 Å². The van der Waals surface area contributed by atoms with Gasteiger partial charge < -0.3 is 10.8 Å². The quantitative estimate of drug-likeness (QED) is 0.635. The first-order valence-corrected chi connectivity index (χ1v) is 5.18. The molecule has 0 atom stereocenters. The zero-order valence-electron chi connectivity index (χ0n) is 9.07. The standard InChI is InChI=1S/C11H9F4NO2/c12-6-4(10(17)18)7(13)9(15)5(8(6)14)11(16)2-1-3-11/h1-3,16H2,(H,17,18). The second-order valence-electron chi connectivity index (χ2n) is 4.32. The predicted octanol–water partition coefficient (Wildman–Crippen LogP) is 2.28. The molecule has 0 radical (unpaired) electrons. The first-order chi connectivity index (χ1) is 8.29. The number of carboxylic acids is 1. The van der Waals surface area contributed by atoms with Crippen molar-refractivity contribution in [2.75, 3.05) is 0 Å². The SMILES string of the molecule is NC1(c2c(F)c(F)c(C(=O)O)c(F)c2F)CCC1. The highest BCUT2D eigenvalue weighted by Crippen LogP contribution is 2.42. The van der Waals surface area contributed by atoms with Crippen LogP contribution >= 0.6 is 0 Å². The van der Waals surface area contributed by atoms with Gasteiger partial charge in [-0.3, -0.25) is 0 Å². The molecule has 3 N–H and O–H groups in total. The van der Waals surface area contributed by atoms with Gasteiger partial charge in [0.15, 0.2) is 23.3 Å². The minimum absolute atomic E-state index is 0.187. The van der Waals surface area contributed by atoms with Crippen molar-refractivity contribution in [1.82, 2.24) is 0 Å². The molecule has 7 heteroatoms. The minimum atomic E-state index is -2.07. The Kier molecular flexibility index (Phi) is 2.81. The lowest BCUT2D eigenvalue weighted by Gasteiger charge is -2.39. The number of carbonyl (C=O) groups is 1. The highest BCUT2D eigenvalue weighted by Gasteiger charge is 2.43. The highest BCUT2D eigenvalue weighted by atomic mass is 19.2. The molecule has 2 rings (SSSR count). The predicted molar refractivity (Wildman–Crippen MR) is 52.9 cm³/mol. The fourth-order valence-electron chi connectivity index (χ4n) is 2.06. The van der Waals surface area contributed by atoms with Crippen molar-refractivity contribution < 1.29 is 27.5 Å². The van der Waals surface area contributed by atoms with Gasteiger partial charge in [0, 0.05) is 11.1 Å². The zero-order valence-corrected chi connectivity index (χ0v) is 9.07. The number of hydrogen-bond acceptors (Lipinski definition) is 2. The van der Waals surface area contributed by atoms with Gasteiger partial charge in [0.25, 0.3) is 0 Å². The molecule has 0 spiro atoms. The van der Waals surface area contributed by atoms with E-state index in [-0.39, 0.29) is 12.8 Å². The number of benzene rings is 1. The summed E-state index contributed by atoms with van der Waals surface area (Å²) in [4.78, 5) is 10.5. The first-order valence-electron chi connectivity index (χ1n) is 5.18. The summed E-state index contributed by atoms with van der Waals surface area (Å²) in [6.07, 6.45) is 0.956. The molecule has 1 fully saturated rings. The van der Waals surface area contributed by atoms with Crippen LogP contribution in [0, 0.1) is 23.3 Å². The molecule has 1 aliphatic carbocycles. The maximum atomic E-state index is 13.7. The molecule has 0 saturated heterocycles. The van der Waals surface area contributed by atoms with Crippen molar-refractivity contribution in [2.45, 2.75) is 24.8 Å². The van der Waals surface area contributed by atoms with E-state index in [0.29, 0.717) is 6.42 Å². The Hall–Kier alpha value is -1.63. The Bertz CT molecular complexity index is 511. The third-order valence-electron chi connectivity index (χ3n) is 3.22. The van der Waals surface area contributed by atoms with E-state index in [2.05, 4.69) is 0 Å². The van der Waals surface area contributed by atoms with Gasteiger partial charge in [0.2, 0.25) is 0 Å². The Labute approximate surface area is 99.2 Å². The van der Waals surface area contributed by atoms with Crippen LogP contribution in [0.4, 0.5) is 17.6 Å². The van der Waals surface area contributed by atoms with Crippen LogP contribution in [0.3, 0.4) is 0 Å². The van der Waals surface area contributed by atoms with Crippen LogP contribution in [0.2, 0.25) is 0 Å². The largest absolute Gasteiger partial charge is 0.477 e. The number of carboxylic acid groups (broad SMARTS) is 1. The molecule has 0 aromatic heterocycles. The van der Waals surface area contributed by atoms with Crippen LogP contribution in [0.15, 0.2) is 0 Å². The first kappa shape index (κ1) is 12.8. The lowest BCUT2D eigenvalue weighted by molar-refractivity contribution is 0.0682. The molecule has 0 bridgehead atoms. The van der Waals surface area contributed by atoms with Crippen LogP contribution < -0.4 is 5.73 Å². The summed E-state index contributed by atoms with van der Waals surface area (Å²) in [5.74, 6) is -9.38. The summed E-state index contributed by atoms with van der Waals surface area (Å²) < 4.78 is 54.2. The summed E-state index contributed by atoms with van der Waals surface area (Å²) in [5.41, 5.74) is 1.61. The lowest BCUT2D eigenvalue weighted by atomic mass is 9.72. The van der Waals surface area contributed by atoms with Gasteiger partial charge >= 0.3 is 5.97 Å². The van der Waals surface area contributed by atoms with E-state index >= 15 is 0 Å². The van der Waals surface area contributed by atoms with Gasteiger partial charge in [-0.05, 0) is 19.3 Å². The topological polar surface area (TPSA) is 63.3 Å². The smallest absolute Gasteiger partial charge is 0.341 e. The molecule has 1 aliphatic rings.